The number of rotatable bonds is 74. The number of phosphoric ester groups is 2. The molecule has 0 aliphatic rings. The fraction of sp³-hybridized carbons (Fsp3) is 0.948. The molecule has 0 saturated heterocycles. The number of carbonyl (C=O) groups excluding carboxylic acids is 4. The molecule has 0 aliphatic heterocycles. The van der Waals surface area contributed by atoms with Crippen LogP contribution in [-0.4, -0.2) is 96.7 Å². The van der Waals surface area contributed by atoms with Crippen molar-refractivity contribution in [3.05, 3.63) is 0 Å². The number of hydrogen-bond acceptors (Lipinski definition) is 15. The van der Waals surface area contributed by atoms with Gasteiger partial charge in [-0.25, -0.2) is 9.13 Å². The van der Waals surface area contributed by atoms with Gasteiger partial charge in [-0.1, -0.05) is 338 Å². The van der Waals surface area contributed by atoms with E-state index < -0.39 is 97.5 Å². The van der Waals surface area contributed by atoms with Gasteiger partial charge in [0.1, 0.15) is 19.3 Å². The molecule has 0 radical (unpaired) electrons. The van der Waals surface area contributed by atoms with Crippen molar-refractivity contribution in [1.29, 1.82) is 0 Å². The number of ether oxygens (including phenoxy) is 4. The van der Waals surface area contributed by atoms with Gasteiger partial charge < -0.3 is 33.8 Å². The molecule has 19 heteroatoms. The number of aliphatic hydroxyl groups is 1. The van der Waals surface area contributed by atoms with E-state index in [1.165, 1.54) is 186 Å². The first-order valence-electron chi connectivity index (χ1n) is 39.7. The largest absolute Gasteiger partial charge is 0.472 e. The summed E-state index contributed by atoms with van der Waals surface area (Å²) in [5, 5.41) is 10.6. The molecule has 0 aliphatic carbocycles. The second kappa shape index (κ2) is 66.3. The zero-order chi connectivity index (χ0) is 71.0. The monoisotopic (exact) mass is 1410 g/mol. The minimum absolute atomic E-state index is 0.106. The van der Waals surface area contributed by atoms with E-state index >= 15 is 0 Å². The molecule has 4 unspecified atom stereocenters. The summed E-state index contributed by atoms with van der Waals surface area (Å²) in [6.45, 7) is 14.2. The van der Waals surface area contributed by atoms with Crippen molar-refractivity contribution in [3.63, 3.8) is 0 Å². The Morgan fingerprint density at radius 1 is 0.292 bits per heavy atom. The molecule has 0 spiro atoms. The number of esters is 4. The SMILES string of the molecule is CCC(C)CCCCCCCCCCCCC(=O)OC[C@H](COP(=O)(O)OCC(O)COP(=O)(O)OC[C@@H](COC(=O)CCCCCCCCC(C)C)OC(=O)CCCCCCCCCCCCCCCCCCC(C)C)OC(=O)CCCCCCCCCCCCCC(C)C. The highest BCUT2D eigenvalue weighted by molar-refractivity contribution is 7.47. The molecule has 0 amide bonds. The highest BCUT2D eigenvalue weighted by Gasteiger charge is 2.30. The summed E-state index contributed by atoms with van der Waals surface area (Å²) in [6, 6.07) is 0. The van der Waals surface area contributed by atoms with Gasteiger partial charge in [0.2, 0.25) is 0 Å². The van der Waals surface area contributed by atoms with Crippen LogP contribution in [0.25, 0.3) is 0 Å². The van der Waals surface area contributed by atoms with Gasteiger partial charge in [0.25, 0.3) is 0 Å². The first-order valence-corrected chi connectivity index (χ1v) is 42.7. The summed E-state index contributed by atoms with van der Waals surface area (Å²) in [4.78, 5) is 72.8. The summed E-state index contributed by atoms with van der Waals surface area (Å²) < 4.78 is 68.5. The Kier molecular flexibility index (Phi) is 65.0. The molecular weight excluding hydrogens is 1260 g/mol. The molecular formula is C77H150O17P2. The van der Waals surface area contributed by atoms with Gasteiger partial charge in [-0.3, -0.25) is 37.3 Å². The Bertz CT molecular complexity index is 1890. The van der Waals surface area contributed by atoms with Gasteiger partial charge >= 0.3 is 39.5 Å². The Labute approximate surface area is 588 Å². The Hall–Kier alpha value is -1.94. The number of hydrogen-bond donors (Lipinski definition) is 3. The number of aliphatic hydroxyl groups excluding tert-OH is 1. The predicted molar refractivity (Wildman–Crippen MR) is 391 cm³/mol. The van der Waals surface area contributed by atoms with Gasteiger partial charge in [-0.05, 0) is 49.4 Å². The minimum Gasteiger partial charge on any atom is -0.462 e. The van der Waals surface area contributed by atoms with E-state index in [0.29, 0.717) is 31.6 Å². The molecule has 17 nitrogen and oxygen atoms in total. The van der Waals surface area contributed by atoms with Crippen molar-refractivity contribution in [2.75, 3.05) is 39.6 Å². The fourth-order valence-electron chi connectivity index (χ4n) is 11.7. The molecule has 96 heavy (non-hydrogen) atoms. The van der Waals surface area contributed by atoms with E-state index in [-0.39, 0.29) is 25.7 Å². The van der Waals surface area contributed by atoms with Crippen molar-refractivity contribution >= 4 is 39.5 Å². The molecule has 0 aromatic rings. The lowest BCUT2D eigenvalue weighted by atomic mass is 9.99. The lowest BCUT2D eigenvalue weighted by molar-refractivity contribution is -0.161. The van der Waals surface area contributed by atoms with Crippen molar-refractivity contribution in [2.45, 2.75) is 408 Å². The molecule has 0 fully saturated rings. The maximum absolute atomic E-state index is 13.1. The van der Waals surface area contributed by atoms with Crippen LogP contribution in [0, 0.1) is 23.7 Å². The molecule has 0 bridgehead atoms. The zero-order valence-electron chi connectivity index (χ0n) is 63.0. The van der Waals surface area contributed by atoms with Gasteiger partial charge in [0.15, 0.2) is 12.2 Å². The van der Waals surface area contributed by atoms with E-state index in [0.717, 1.165) is 114 Å². The van der Waals surface area contributed by atoms with Crippen LogP contribution in [0.3, 0.4) is 0 Å². The standard InChI is InChI=1S/C77H150O17P2/c1-9-70(8)56-48-40-31-25-21-22-26-32-41-49-57-74(79)87-63-72(93-77(82)60-52-44-34-28-20-16-18-24-30-38-46-54-68(4)5)65-91-95(83,84)89-61-71(78)62-90-96(85,86)92-66-73(64-88-75(80)58-50-42-36-35-39-47-55-69(6)7)94-76(81)59-51-43-33-27-19-15-13-11-10-12-14-17-23-29-37-45-53-67(2)3/h67-73,78H,9-66H2,1-8H3,(H,83,84)(H,85,86)/t70?,71?,72-,73-/m1/s1. The first kappa shape index (κ1) is 94.1. The minimum atomic E-state index is -4.96. The normalized spacial score (nSPS) is 14.4. The van der Waals surface area contributed by atoms with Crippen molar-refractivity contribution in [1.82, 2.24) is 0 Å². The van der Waals surface area contributed by atoms with Gasteiger partial charge in [0, 0.05) is 25.7 Å². The quantitative estimate of drug-likeness (QED) is 0.0222. The molecule has 6 atom stereocenters. The number of unbranched alkanes of at least 4 members (excludes halogenated alkanes) is 39. The Morgan fingerprint density at radius 3 is 0.740 bits per heavy atom. The van der Waals surface area contributed by atoms with Gasteiger partial charge in [0.05, 0.1) is 26.4 Å². The van der Waals surface area contributed by atoms with E-state index in [1.807, 2.05) is 0 Å². The van der Waals surface area contributed by atoms with Crippen LogP contribution < -0.4 is 0 Å². The second-order valence-corrected chi connectivity index (χ2v) is 32.3. The lowest BCUT2D eigenvalue weighted by Gasteiger charge is -2.21. The summed E-state index contributed by atoms with van der Waals surface area (Å²) in [5.74, 6) is 0.942. The maximum Gasteiger partial charge on any atom is 0.472 e. The molecule has 0 saturated carbocycles. The molecule has 3 N–H and O–H groups in total. The number of phosphoric acid groups is 2. The third-order valence-electron chi connectivity index (χ3n) is 18.2. The third kappa shape index (κ3) is 69.2. The van der Waals surface area contributed by atoms with Gasteiger partial charge in [-0.2, -0.15) is 0 Å². The first-order chi connectivity index (χ1) is 46.1. The summed E-state index contributed by atoms with van der Waals surface area (Å²) in [6.07, 6.45) is 51.4. The van der Waals surface area contributed by atoms with Crippen LogP contribution in [0.15, 0.2) is 0 Å². The van der Waals surface area contributed by atoms with Crippen LogP contribution in [0.1, 0.15) is 389 Å². The van der Waals surface area contributed by atoms with Crippen LogP contribution in [-0.2, 0) is 65.4 Å². The van der Waals surface area contributed by atoms with Crippen molar-refractivity contribution in [2.24, 2.45) is 23.7 Å². The lowest BCUT2D eigenvalue weighted by Crippen LogP contribution is -2.30. The van der Waals surface area contributed by atoms with Crippen LogP contribution in [0.2, 0.25) is 0 Å². The predicted octanol–water partition coefficient (Wildman–Crippen LogP) is 22.4. The topological polar surface area (TPSA) is 237 Å². The maximum atomic E-state index is 13.1. The summed E-state index contributed by atoms with van der Waals surface area (Å²) >= 11 is 0. The molecule has 0 rings (SSSR count). The van der Waals surface area contributed by atoms with Crippen molar-refractivity contribution in [3.8, 4) is 0 Å². The summed E-state index contributed by atoms with van der Waals surface area (Å²) in [5.41, 5.74) is 0. The molecule has 0 aromatic carbocycles. The number of carbonyl (C=O) groups is 4. The van der Waals surface area contributed by atoms with E-state index in [2.05, 4.69) is 55.4 Å². The van der Waals surface area contributed by atoms with E-state index in [1.54, 1.807) is 0 Å². The van der Waals surface area contributed by atoms with Crippen molar-refractivity contribution < 1.29 is 80.2 Å². The van der Waals surface area contributed by atoms with Crippen LogP contribution in [0.5, 0.6) is 0 Å². The highest BCUT2D eigenvalue weighted by Crippen LogP contribution is 2.45. The smallest absolute Gasteiger partial charge is 0.462 e. The zero-order valence-corrected chi connectivity index (χ0v) is 64.8. The van der Waals surface area contributed by atoms with Crippen LogP contribution >= 0.6 is 15.6 Å². The van der Waals surface area contributed by atoms with E-state index in [4.69, 9.17) is 37.0 Å². The van der Waals surface area contributed by atoms with Crippen LogP contribution in [0.4, 0.5) is 0 Å². The average molecular weight is 1410 g/mol. The Morgan fingerprint density at radius 2 is 0.500 bits per heavy atom. The molecule has 0 aromatic heterocycles. The average Bonchev–Trinajstić information content (AvgIpc) is 1.33. The summed E-state index contributed by atoms with van der Waals surface area (Å²) in [7, 11) is -9.91. The fourth-order valence-corrected chi connectivity index (χ4v) is 13.3. The van der Waals surface area contributed by atoms with E-state index in [9.17, 15) is 43.2 Å². The second-order valence-electron chi connectivity index (χ2n) is 29.4. The Balaban J connectivity index is 5.22. The molecule has 570 valence electrons. The van der Waals surface area contributed by atoms with Gasteiger partial charge in [-0.15, -0.1) is 0 Å². The molecule has 0 heterocycles. The third-order valence-corrected chi connectivity index (χ3v) is 20.1. The highest BCUT2D eigenvalue weighted by atomic mass is 31.2.